The van der Waals surface area contributed by atoms with E-state index in [2.05, 4.69) is 41.0 Å². The molecule has 0 unspecified atom stereocenters. The van der Waals surface area contributed by atoms with Gasteiger partial charge in [-0.3, -0.25) is 9.55 Å². The van der Waals surface area contributed by atoms with E-state index in [4.69, 9.17) is 24.4 Å². The minimum Gasteiger partial charge on any atom is -0.454 e. The molecule has 42 heavy (non-hydrogen) atoms. The average molecular weight is 540 g/mol. The first kappa shape index (κ1) is 22.9. The van der Waals surface area contributed by atoms with Crippen LogP contribution >= 0.6 is 0 Å². The molecular formula is C36H21N5O. The summed E-state index contributed by atoms with van der Waals surface area (Å²) in [6.45, 7) is 0. The Kier molecular flexibility index (Phi) is 4.80. The fourth-order valence-corrected chi connectivity index (χ4v) is 5.99. The third-order valence-electron chi connectivity index (χ3n) is 7.90. The van der Waals surface area contributed by atoms with Crippen LogP contribution in [-0.4, -0.2) is 24.5 Å². The van der Waals surface area contributed by atoms with Crippen LogP contribution in [0.3, 0.4) is 0 Å². The highest BCUT2D eigenvalue weighted by Gasteiger charge is 2.21. The molecule has 0 bridgehead atoms. The summed E-state index contributed by atoms with van der Waals surface area (Å²) in [4.78, 5) is 20.0. The molecular weight excluding hydrogens is 518 g/mol. The van der Waals surface area contributed by atoms with Crippen LogP contribution in [0.15, 0.2) is 132 Å². The Labute approximate surface area is 239 Å². The van der Waals surface area contributed by atoms with Crippen molar-refractivity contribution in [3.63, 3.8) is 0 Å². The fraction of sp³-hybridized carbons (Fsp3) is 0. The van der Waals surface area contributed by atoms with E-state index >= 15 is 0 Å². The number of benzene rings is 5. The molecule has 9 aromatic rings. The highest BCUT2D eigenvalue weighted by molar-refractivity contribution is 6.22. The van der Waals surface area contributed by atoms with Crippen molar-refractivity contribution in [3.8, 4) is 28.7 Å². The molecule has 0 aliphatic rings. The van der Waals surface area contributed by atoms with Gasteiger partial charge in [0.05, 0.1) is 11.0 Å². The molecule has 0 aliphatic carbocycles. The molecule has 6 heteroatoms. The predicted octanol–water partition coefficient (Wildman–Crippen LogP) is 8.75. The Bertz CT molecular complexity index is 2400. The topological polar surface area (TPSA) is 69.6 Å². The van der Waals surface area contributed by atoms with Gasteiger partial charge in [-0.05, 0) is 24.3 Å². The van der Waals surface area contributed by atoms with Gasteiger partial charge in [0.2, 0.25) is 5.95 Å². The van der Waals surface area contributed by atoms with Crippen molar-refractivity contribution in [1.82, 2.24) is 24.5 Å². The van der Waals surface area contributed by atoms with Gasteiger partial charge < -0.3 is 4.42 Å². The number of fused-ring (bicyclic) bond motifs is 9. The highest BCUT2D eigenvalue weighted by Crippen LogP contribution is 2.39. The summed E-state index contributed by atoms with van der Waals surface area (Å²) < 4.78 is 8.52. The van der Waals surface area contributed by atoms with E-state index < -0.39 is 0 Å². The summed E-state index contributed by atoms with van der Waals surface area (Å²) in [5.41, 5.74) is 6.26. The minimum absolute atomic E-state index is 0.547. The van der Waals surface area contributed by atoms with E-state index in [-0.39, 0.29) is 0 Å². The van der Waals surface area contributed by atoms with Gasteiger partial charge in [-0.25, -0.2) is 4.98 Å². The molecule has 0 spiro atoms. The van der Waals surface area contributed by atoms with Crippen molar-refractivity contribution >= 4 is 54.6 Å². The minimum atomic E-state index is 0.547. The number of aromatic nitrogens is 5. The van der Waals surface area contributed by atoms with Crippen LogP contribution in [0, 0.1) is 0 Å². The monoisotopic (exact) mass is 539 g/mol. The first-order valence-corrected chi connectivity index (χ1v) is 13.8. The molecule has 196 valence electrons. The summed E-state index contributed by atoms with van der Waals surface area (Å²) in [6.07, 6.45) is 1.94. The lowest BCUT2D eigenvalue weighted by Gasteiger charge is -2.11. The van der Waals surface area contributed by atoms with Crippen LogP contribution in [0.25, 0.3) is 83.4 Å². The van der Waals surface area contributed by atoms with Gasteiger partial charge in [-0.2, -0.15) is 9.97 Å². The maximum absolute atomic E-state index is 6.38. The van der Waals surface area contributed by atoms with Crippen molar-refractivity contribution in [3.05, 3.63) is 128 Å². The lowest BCUT2D eigenvalue weighted by molar-refractivity contribution is 0.671. The van der Waals surface area contributed by atoms with Gasteiger partial charge >= 0.3 is 0 Å². The number of hydrogen-bond acceptors (Lipinski definition) is 5. The van der Waals surface area contributed by atoms with E-state index in [0.717, 1.165) is 65.8 Å². The van der Waals surface area contributed by atoms with Gasteiger partial charge in [0, 0.05) is 44.3 Å². The standard InChI is InChI=1S/C36H21N5O/c1-3-11-22(12-4-1)34-38-35(23-13-5-2-6-14-23)40-36(39-34)41-29-17-9-7-15-24(29)28-21-37-31-27(32(28)41)20-19-26-25-16-8-10-18-30(25)42-33(26)31/h1-21H. The molecule has 0 saturated heterocycles. The molecule has 9 rings (SSSR count). The van der Waals surface area contributed by atoms with Crippen molar-refractivity contribution in [2.75, 3.05) is 0 Å². The SMILES string of the molecule is c1ccc(-c2nc(-c3ccccc3)nc(-n3c4ccccc4c4cnc5c(ccc6c7ccccc7oc65)c43)n2)cc1. The first-order chi connectivity index (χ1) is 20.8. The van der Waals surface area contributed by atoms with Crippen molar-refractivity contribution in [2.45, 2.75) is 0 Å². The number of nitrogens with zero attached hydrogens (tertiary/aromatic N) is 5. The van der Waals surface area contributed by atoms with E-state index in [1.807, 2.05) is 91.1 Å². The lowest BCUT2D eigenvalue weighted by Crippen LogP contribution is -2.06. The molecule has 0 N–H and O–H groups in total. The van der Waals surface area contributed by atoms with Gasteiger partial charge in [0.15, 0.2) is 17.2 Å². The summed E-state index contributed by atoms with van der Waals surface area (Å²) in [7, 11) is 0. The number of furan rings is 1. The highest BCUT2D eigenvalue weighted by atomic mass is 16.3. The summed E-state index contributed by atoms with van der Waals surface area (Å²) in [5.74, 6) is 1.78. The second-order valence-electron chi connectivity index (χ2n) is 10.3. The lowest BCUT2D eigenvalue weighted by atomic mass is 10.1. The second kappa shape index (κ2) is 8.81. The molecule has 0 atom stereocenters. The van der Waals surface area contributed by atoms with Gasteiger partial charge in [-0.15, -0.1) is 0 Å². The molecule has 5 aromatic carbocycles. The predicted molar refractivity (Wildman–Crippen MR) is 168 cm³/mol. The van der Waals surface area contributed by atoms with Crippen LogP contribution in [0.2, 0.25) is 0 Å². The maximum Gasteiger partial charge on any atom is 0.238 e. The Morgan fingerprint density at radius 2 is 1.12 bits per heavy atom. The molecule has 0 saturated carbocycles. The van der Waals surface area contributed by atoms with Gasteiger partial charge in [0.1, 0.15) is 11.1 Å². The number of rotatable bonds is 3. The normalized spacial score (nSPS) is 11.8. The van der Waals surface area contributed by atoms with E-state index in [1.54, 1.807) is 0 Å². The summed E-state index contributed by atoms with van der Waals surface area (Å²) in [5, 5.41) is 5.20. The first-order valence-electron chi connectivity index (χ1n) is 13.8. The quantitative estimate of drug-likeness (QED) is 0.224. The van der Waals surface area contributed by atoms with Crippen LogP contribution < -0.4 is 0 Å². The summed E-state index contributed by atoms with van der Waals surface area (Å²) in [6, 6.07) is 40.8. The fourth-order valence-electron chi connectivity index (χ4n) is 5.99. The Morgan fingerprint density at radius 1 is 0.500 bits per heavy atom. The molecule has 0 radical (unpaired) electrons. The molecule has 4 heterocycles. The van der Waals surface area contributed by atoms with Crippen LogP contribution in [-0.2, 0) is 0 Å². The number of para-hydroxylation sites is 2. The zero-order valence-electron chi connectivity index (χ0n) is 22.3. The zero-order chi connectivity index (χ0) is 27.6. The van der Waals surface area contributed by atoms with Crippen LogP contribution in [0.4, 0.5) is 0 Å². The van der Waals surface area contributed by atoms with E-state index in [0.29, 0.717) is 17.6 Å². The van der Waals surface area contributed by atoms with Crippen LogP contribution in [0.5, 0.6) is 0 Å². The smallest absolute Gasteiger partial charge is 0.238 e. The third-order valence-corrected chi connectivity index (χ3v) is 7.90. The number of pyridine rings is 1. The maximum atomic E-state index is 6.38. The Morgan fingerprint density at radius 3 is 1.86 bits per heavy atom. The van der Waals surface area contributed by atoms with Crippen LogP contribution in [0.1, 0.15) is 0 Å². The second-order valence-corrected chi connectivity index (χ2v) is 10.3. The Hall–Kier alpha value is -5.88. The average Bonchev–Trinajstić information content (AvgIpc) is 3.62. The van der Waals surface area contributed by atoms with Crippen molar-refractivity contribution in [1.29, 1.82) is 0 Å². The van der Waals surface area contributed by atoms with E-state index in [1.165, 1.54) is 0 Å². The van der Waals surface area contributed by atoms with Crippen molar-refractivity contribution in [2.24, 2.45) is 0 Å². The molecule has 4 aromatic heterocycles. The number of hydrogen-bond donors (Lipinski definition) is 0. The largest absolute Gasteiger partial charge is 0.454 e. The zero-order valence-corrected chi connectivity index (χ0v) is 22.3. The molecule has 6 nitrogen and oxygen atoms in total. The van der Waals surface area contributed by atoms with Crippen molar-refractivity contribution < 1.29 is 4.42 Å². The third kappa shape index (κ3) is 3.32. The summed E-state index contributed by atoms with van der Waals surface area (Å²) >= 11 is 0. The molecule has 0 fully saturated rings. The van der Waals surface area contributed by atoms with E-state index in [9.17, 15) is 0 Å². The van der Waals surface area contributed by atoms with Gasteiger partial charge in [-0.1, -0.05) is 97.1 Å². The molecule has 0 aliphatic heterocycles. The van der Waals surface area contributed by atoms with Gasteiger partial charge in [0.25, 0.3) is 0 Å². The Balaban J connectivity index is 1.42. The molecule has 0 amide bonds.